The predicted molar refractivity (Wildman–Crippen MR) is 88.7 cm³/mol. The summed E-state index contributed by atoms with van der Waals surface area (Å²) in [4.78, 5) is 14.4. The molecule has 1 saturated heterocycles. The summed E-state index contributed by atoms with van der Waals surface area (Å²) in [5, 5.41) is 3.92. The summed E-state index contributed by atoms with van der Waals surface area (Å²) < 4.78 is 24.6. The van der Waals surface area contributed by atoms with Crippen molar-refractivity contribution in [3.63, 3.8) is 0 Å². The molecule has 0 radical (unpaired) electrons. The van der Waals surface area contributed by atoms with Crippen molar-refractivity contribution >= 4 is 27.1 Å². The van der Waals surface area contributed by atoms with Crippen molar-refractivity contribution in [3.8, 4) is 0 Å². The lowest BCUT2D eigenvalue weighted by molar-refractivity contribution is -0.131. The van der Waals surface area contributed by atoms with Gasteiger partial charge in [0.25, 0.3) is 0 Å². The molecule has 1 aliphatic heterocycles. The third kappa shape index (κ3) is 3.38. The van der Waals surface area contributed by atoms with Crippen LogP contribution in [0.5, 0.6) is 0 Å². The molecule has 3 rings (SSSR count). The molecule has 1 aromatic rings. The number of sulfone groups is 1. The average Bonchev–Trinajstić information content (AvgIpc) is 3.26. The van der Waals surface area contributed by atoms with Crippen LogP contribution in [0.2, 0.25) is 0 Å². The minimum absolute atomic E-state index is 0.00438. The Hall–Kier alpha value is -0.880. The van der Waals surface area contributed by atoms with Gasteiger partial charge in [0.2, 0.25) is 5.91 Å². The van der Waals surface area contributed by atoms with Crippen LogP contribution in [0.25, 0.3) is 0 Å². The van der Waals surface area contributed by atoms with Gasteiger partial charge >= 0.3 is 0 Å². The van der Waals surface area contributed by atoms with E-state index in [0.29, 0.717) is 0 Å². The fourth-order valence-corrected chi connectivity index (χ4v) is 6.21. The summed E-state index contributed by atoms with van der Waals surface area (Å²) >= 11 is 1.64. The van der Waals surface area contributed by atoms with Gasteiger partial charge in [-0.3, -0.25) is 4.79 Å². The summed E-state index contributed by atoms with van der Waals surface area (Å²) in [6, 6.07) is 2.21. The zero-order valence-electron chi connectivity index (χ0n) is 12.7. The highest BCUT2D eigenvalue weighted by Crippen LogP contribution is 2.33. The molecule has 2 aliphatic rings. The smallest absolute Gasteiger partial charge is 0.224 e. The lowest BCUT2D eigenvalue weighted by atomic mass is 10.1. The van der Waals surface area contributed by atoms with Crippen LogP contribution in [-0.4, -0.2) is 36.8 Å². The summed E-state index contributed by atoms with van der Waals surface area (Å²) in [5.41, 5.74) is 1.19. The molecule has 1 saturated carbocycles. The minimum Gasteiger partial charge on any atom is -0.336 e. The largest absolute Gasteiger partial charge is 0.336 e. The Morgan fingerprint density at radius 3 is 2.68 bits per heavy atom. The number of likely N-dealkylation sites (tertiary alicyclic amines) is 1. The first kappa shape index (κ1) is 16.0. The maximum atomic E-state index is 12.5. The lowest BCUT2D eigenvalue weighted by Crippen LogP contribution is -2.32. The van der Waals surface area contributed by atoms with E-state index in [1.807, 2.05) is 10.3 Å². The predicted octanol–water partition coefficient (Wildman–Crippen LogP) is 3.16. The molecule has 22 heavy (non-hydrogen) atoms. The Kier molecular flexibility index (Phi) is 4.88. The van der Waals surface area contributed by atoms with E-state index in [1.54, 1.807) is 11.3 Å². The van der Waals surface area contributed by atoms with Crippen LogP contribution >= 0.6 is 11.3 Å². The third-order valence-electron chi connectivity index (χ3n) is 4.91. The first-order chi connectivity index (χ1) is 10.6. The van der Waals surface area contributed by atoms with Gasteiger partial charge in [-0.05, 0) is 48.1 Å². The van der Waals surface area contributed by atoms with E-state index in [0.717, 1.165) is 45.1 Å². The number of carbonyl (C=O) groups is 1. The van der Waals surface area contributed by atoms with Crippen LogP contribution in [0.15, 0.2) is 16.8 Å². The maximum absolute atomic E-state index is 12.5. The van der Waals surface area contributed by atoms with Gasteiger partial charge in [-0.2, -0.15) is 11.3 Å². The summed E-state index contributed by atoms with van der Waals surface area (Å²) in [6.07, 6.45) is 5.68. The van der Waals surface area contributed by atoms with E-state index in [9.17, 15) is 13.2 Å². The highest BCUT2D eigenvalue weighted by molar-refractivity contribution is 7.92. The molecule has 0 spiro atoms. The molecule has 1 aliphatic carbocycles. The van der Waals surface area contributed by atoms with Crippen LogP contribution in [0.4, 0.5) is 0 Å². The van der Waals surface area contributed by atoms with Crippen LogP contribution in [0.1, 0.15) is 56.6 Å². The molecular formula is C16H23NO3S2. The third-order valence-corrected chi connectivity index (χ3v) is 7.87. The molecule has 1 amide bonds. The molecule has 1 aromatic heterocycles. The number of rotatable bonds is 5. The fourth-order valence-electron chi connectivity index (χ4n) is 3.66. The Labute approximate surface area is 136 Å². The highest BCUT2D eigenvalue weighted by Gasteiger charge is 2.33. The van der Waals surface area contributed by atoms with Crippen molar-refractivity contribution in [2.45, 2.75) is 56.2 Å². The molecule has 0 aromatic carbocycles. The van der Waals surface area contributed by atoms with E-state index in [4.69, 9.17) is 0 Å². The number of carbonyl (C=O) groups excluding carboxylic acids is 1. The molecule has 1 unspecified atom stereocenters. The zero-order valence-corrected chi connectivity index (χ0v) is 14.4. The second kappa shape index (κ2) is 6.71. The van der Waals surface area contributed by atoms with Crippen molar-refractivity contribution in [2.75, 3.05) is 12.3 Å². The van der Waals surface area contributed by atoms with Crippen LogP contribution in [-0.2, 0) is 14.6 Å². The Bertz CT molecular complexity index is 603. The van der Waals surface area contributed by atoms with Gasteiger partial charge in [-0.25, -0.2) is 8.42 Å². The molecule has 2 fully saturated rings. The SMILES string of the molecule is O=C(CCS(=O)(=O)C1CCCC1)N1CCCC1c1ccsc1. The molecule has 6 heteroatoms. The van der Waals surface area contributed by atoms with Crippen molar-refractivity contribution < 1.29 is 13.2 Å². The topological polar surface area (TPSA) is 54.5 Å². The Balaban J connectivity index is 1.59. The first-order valence-corrected chi connectivity index (χ1v) is 10.8. The van der Waals surface area contributed by atoms with Crippen LogP contribution < -0.4 is 0 Å². The van der Waals surface area contributed by atoms with Crippen molar-refractivity contribution in [2.24, 2.45) is 0 Å². The first-order valence-electron chi connectivity index (χ1n) is 8.11. The second-order valence-electron chi connectivity index (χ2n) is 6.33. The number of hydrogen-bond donors (Lipinski definition) is 0. The Morgan fingerprint density at radius 2 is 2.00 bits per heavy atom. The van der Waals surface area contributed by atoms with E-state index in [1.165, 1.54) is 5.56 Å². The van der Waals surface area contributed by atoms with Gasteiger partial charge < -0.3 is 4.90 Å². The molecule has 2 heterocycles. The maximum Gasteiger partial charge on any atom is 0.224 e. The molecule has 122 valence electrons. The standard InChI is InChI=1S/C16H23NO3S2/c18-16(8-11-22(19,20)14-4-1-2-5-14)17-9-3-6-15(17)13-7-10-21-12-13/h7,10,12,14-15H,1-6,8-9,11H2. The molecular weight excluding hydrogens is 318 g/mol. The quantitative estimate of drug-likeness (QED) is 0.826. The van der Waals surface area contributed by atoms with E-state index in [2.05, 4.69) is 11.4 Å². The lowest BCUT2D eigenvalue weighted by Gasteiger charge is -2.24. The summed E-state index contributed by atoms with van der Waals surface area (Å²) in [7, 11) is -3.10. The van der Waals surface area contributed by atoms with E-state index >= 15 is 0 Å². The Morgan fingerprint density at radius 1 is 1.23 bits per heavy atom. The summed E-state index contributed by atoms with van der Waals surface area (Å²) in [5.74, 6) is 0.0128. The molecule has 4 nitrogen and oxygen atoms in total. The van der Waals surface area contributed by atoms with Gasteiger partial charge in [0.15, 0.2) is 9.84 Å². The fraction of sp³-hybridized carbons (Fsp3) is 0.688. The van der Waals surface area contributed by atoms with Crippen molar-refractivity contribution in [1.82, 2.24) is 4.90 Å². The van der Waals surface area contributed by atoms with Crippen LogP contribution in [0, 0.1) is 0 Å². The average molecular weight is 341 g/mol. The molecule has 0 bridgehead atoms. The second-order valence-corrected chi connectivity index (χ2v) is 9.51. The minimum atomic E-state index is -3.10. The molecule has 1 atom stereocenters. The number of amides is 1. The number of hydrogen-bond acceptors (Lipinski definition) is 4. The number of nitrogens with zero attached hydrogens (tertiary/aromatic N) is 1. The van der Waals surface area contributed by atoms with Gasteiger partial charge in [-0.1, -0.05) is 12.8 Å². The van der Waals surface area contributed by atoms with Gasteiger partial charge in [0.05, 0.1) is 17.0 Å². The van der Waals surface area contributed by atoms with Gasteiger partial charge in [0, 0.05) is 13.0 Å². The highest BCUT2D eigenvalue weighted by atomic mass is 32.2. The zero-order chi connectivity index (χ0) is 15.6. The van der Waals surface area contributed by atoms with Crippen molar-refractivity contribution in [1.29, 1.82) is 0 Å². The number of thiophene rings is 1. The van der Waals surface area contributed by atoms with Crippen molar-refractivity contribution in [3.05, 3.63) is 22.4 Å². The van der Waals surface area contributed by atoms with E-state index < -0.39 is 9.84 Å². The van der Waals surface area contributed by atoms with Gasteiger partial charge in [0.1, 0.15) is 0 Å². The molecule has 0 N–H and O–H groups in total. The van der Waals surface area contributed by atoms with Gasteiger partial charge in [-0.15, -0.1) is 0 Å². The monoisotopic (exact) mass is 341 g/mol. The summed E-state index contributed by atoms with van der Waals surface area (Å²) in [6.45, 7) is 0.753. The van der Waals surface area contributed by atoms with Crippen LogP contribution in [0.3, 0.4) is 0 Å². The normalized spacial score (nSPS) is 23.3. The van der Waals surface area contributed by atoms with E-state index in [-0.39, 0.29) is 29.4 Å².